The Morgan fingerprint density at radius 3 is 2.73 bits per heavy atom. The monoisotopic (exact) mass is 227 g/mol. The van der Waals surface area contributed by atoms with Crippen LogP contribution in [-0.4, -0.2) is 19.8 Å². The smallest absolute Gasteiger partial charge is 0.0507 e. The van der Waals surface area contributed by atoms with Gasteiger partial charge in [-0.3, -0.25) is 0 Å². The Kier molecular flexibility index (Phi) is 5.69. The minimum atomic E-state index is 0. The quantitative estimate of drug-likeness (QED) is 0.852. The second-order valence-electron chi connectivity index (χ2n) is 3.85. The fourth-order valence-electron chi connectivity index (χ4n) is 1.76. The van der Waals surface area contributed by atoms with Crippen molar-refractivity contribution in [3.8, 4) is 0 Å². The molecule has 3 heteroatoms. The molecule has 0 amide bonds. The van der Waals surface area contributed by atoms with Crippen LogP contribution in [0.1, 0.15) is 12.0 Å². The zero-order valence-electron chi connectivity index (χ0n) is 8.82. The molecule has 1 aliphatic rings. The Morgan fingerprint density at radius 2 is 2.07 bits per heavy atom. The van der Waals surface area contributed by atoms with Crippen LogP contribution in [0, 0.1) is 5.92 Å². The summed E-state index contributed by atoms with van der Waals surface area (Å²) < 4.78 is 5.32. The number of benzene rings is 1. The standard InChI is InChI=1S/C12H17NO.ClH/c1-2-4-11(5-3-1)8-13-9-12-6-7-14-10-12;/h1-5,12-13H,6-10H2;1H. The highest BCUT2D eigenvalue weighted by Crippen LogP contribution is 2.10. The zero-order valence-corrected chi connectivity index (χ0v) is 9.63. The summed E-state index contributed by atoms with van der Waals surface area (Å²) in [6, 6.07) is 10.5. The van der Waals surface area contributed by atoms with Gasteiger partial charge in [-0.15, -0.1) is 12.4 Å². The molecule has 0 radical (unpaired) electrons. The second-order valence-corrected chi connectivity index (χ2v) is 3.85. The van der Waals surface area contributed by atoms with E-state index in [1.165, 1.54) is 12.0 Å². The molecule has 2 rings (SSSR count). The Morgan fingerprint density at radius 1 is 1.27 bits per heavy atom. The summed E-state index contributed by atoms with van der Waals surface area (Å²) in [5, 5.41) is 3.46. The summed E-state index contributed by atoms with van der Waals surface area (Å²) in [4.78, 5) is 0. The number of halogens is 1. The predicted molar refractivity (Wildman–Crippen MR) is 64.3 cm³/mol. The van der Waals surface area contributed by atoms with Crippen molar-refractivity contribution in [3.63, 3.8) is 0 Å². The van der Waals surface area contributed by atoms with Gasteiger partial charge in [0.15, 0.2) is 0 Å². The van der Waals surface area contributed by atoms with Gasteiger partial charge in [0.25, 0.3) is 0 Å². The Bertz CT molecular complexity index is 260. The third-order valence-corrected chi connectivity index (χ3v) is 2.63. The van der Waals surface area contributed by atoms with Crippen molar-refractivity contribution in [2.24, 2.45) is 5.92 Å². The number of hydrogen-bond acceptors (Lipinski definition) is 2. The average molecular weight is 228 g/mol. The Hall–Kier alpha value is -0.570. The highest BCUT2D eigenvalue weighted by molar-refractivity contribution is 5.85. The van der Waals surface area contributed by atoms with E-state index in [1.54, 1.807) is 0 Å². The van der Waals surface area contributed by atoms with E-state index < -0.39 is 0 Å². The van der Waals surface area contributed by atoms with Gasteiger partial charge in [0.05, 0.1) is 6.61 Å². The highest BCUT2D eigenvalue weighted by Gasteiger charge is 2.14. The molecule has 0 aromatic heterocycles. The first-order valence-electron chi connectivity index (χ1n) is 5.27. The first kappa shape index (κ1) is 12.5. The van der Waals surface area contributed by atoms with Crippen molar-refractivity contribution < 1.29 is 4.74 Å². The lowest BCUT2D eigenvalue weighted by Crippen LogP contribution is -2.22. The van der Waals surface area contributed by atoms with Crippen LogP contribution in [0.5, 0.6) is 0 Å². The van der Waals surface area contributed by atoms with Gasteiger partial charge in [-0.05, 0) is 17.9 Å². The van der Waals surface area contributed by atoms with E-state index in [0.717, 1.165) is 32.2 Å². The summed E-state index contributed by atoms with van der Waals surface area (Å²) >= 11 is 0. The molecule has 2 nitrogen and oxygen atoms in total. The SMILES string of the molecule is Cl.c1ccc(CNCC2CCOC2)cc1. The van der Waals surface area contributed by atoms with E-state index >= 15 is 0 Å². The summed E-state index contributed by atoms with van der Waals surface area (Å²) in [5.41, 5.74) is 1.35. The van der Waals surface area contributed by atoms with E-state index in [4.69, 9.17) is 4.74 Å². The molecule has 15 heavy (non-hydrogen) atoms. The molecule has 1 aliphatic heterocycles. The van der Waals surface area contributed by atoms with Gasteiger partial charge in [-0.2, -0.15) is 0 Å². The number of nitrogens with one attached hydrogen (secondary N) is 1. The van der Waals surface area contributed by atoms with Crippen molar-refractivity contribution in [2.45, 2.75) is 13.0 Å². The fourth-order valence-corrected chi connectivity index (χ4v) is 1.76. The lowest BCUT2D eigenvalue weighted by molar-refractivity contribution is 0.185. The molecule has 1 saturated heterocycles. The molecule has 0 saturated carbocycles. The second kappa shape index (κ2) is 6.83. The largest absolute Gasteiger partial charge is 0.381 e. The van der Waals surface area contributed by atoms with E-state index in [2.05, 4.69) is 29.6 Å². The van der Waals surface area contributed by atoms with Gasteiger partial charge in [-0.25, -0.2) is 0 Å². The van der Waals surface area contributed by atoms with Crippen LogP contribution in [0.3, 0.4) is 0 Å². The molecule has 0 spiro atoms. The molecular weight excluding hydrogens is 210 g/mol. The molecule has 0 bridgehead atoms. The van der Waals surface area contributed by atoms with Gasteiger partial charge >= 0.3 is 0 Å². The van der Waals surface area contributed by atoms with E-state index in [1.807, 2.05) is 6.07 Å². The Balaban J connectivity index is 0.00000112. The van der Waals surface area contributed by atoms with Crippen LogP contribution >= 0.6 is 12.4 Å². The molecule has 1 atom stereocenters. The lowest BCUT2D eigenvalue weighted by Gasteiger charge is -2.08. The van der Waals surface area contributed by atoms with Crippen LogP contribution < -0.4 is 5.32 Å². The fraction of sp³-hybridized carbons (Fsp3) is 0.500. The summed E-state index contributed by atoms with van der Waals surface area (Å²) in [5.74, 6) is 0.721. The van der Waals surface area contributed by atoms with Crippen LogP contribution in [0.2, 0.25) is 0 Å². The van der Waals surface area contributed by atoms with Crippen LogP contribution in [-0.2, 0) is 11.3 Å². The highest BCUT2D eigenvalue weighted by atomic mass is 35.5. The molecule has 1 aromatic rings. The number of ether oxygens (including phenoxy) is 1. The predicted octanol–water partition coefficient (Wildman–Crippen LogP) is 2.23. The van der Waals surface area contributed by atoms with Crippen molar-refractivity contribution in [3.05, 3.63) is 35.9 Å². The van der Waals surface area contributed by atoms with E-state index in [0.29, 0.717) is 0 Å². The topological polar surface area (TPSA) is 21.3 Å². The van der Waals surface area contributed by atoms with Crippen molar-refractivity contribution >= 4 is 12.4 Å². The maximum atomic E-state index is 5.32. The lowest BCUT2D eigenvalue weighted by atomic mass is 10.1. The van der Waals surface area contributed by atoms with Crippen molar-refractivity contribution in [1.29, 1.82) is 0 Å². The van der Waals surface area contributed by atoms with Crippen LogP contribution in [0.25, 0.3) is 0 Å². The minimum Gasteiger partial charge on any atom is -0.381 e. The maximum Gasteiger partial charge on any atom is 0.0507 e. The first-order chi connectivity index (χ1) is 6.95. The minimum absolute atomic E-state index is 0. The summed E-state index contributed by atoms with van der Waals surface area (Å²) in [6.45, 7) is 3.92. The maximum absolute atomic E-state index is 5.32. The molecule has 1 unspecified atom stereocenters. The summed E-state index contributed by atoms with van der Waals surface area (Å²) in [6.07, 6.45) is 1.21. The van der Waals surface area contributed by atoms with E-state index in [-0.39, 0.29) is 12.4 Å². The van der Waals surface area contributed by atoms with Gasteiger partial charge < -0.3 is 10.1 Å². The first-order valence-corrected chi connectivity index (χ1v) is 5.27. The number of rotatable bonds is 4. The molecule has 1 N–H and O–H groups in total. The Labute approximate surface area is 97.4 Å². The van der Waals surface area contributed by atoms with Gasteiger partial charge in [0, 0.05) is 19.7 Å². The van der Waals surface area contributed by atoms with E-state index in [9.17, 15) is 0 Å². The molecule has 0 aliphatic carbocycles. The molecule has 84 valence electrons. The van der Waals surface area contributed by atoms with Crippen LogP contribution in [0.4, 0.5) is 0 Å². The molecular formula is C12H18ClNO. The normalized spacial score (nSPS) is 19.9. The summed E-state index contributed by atoms with van der Waals surface area (Å²) in [7, 11) is 0. The van der Waals surface area contributed by atoms with Gasteiger partial charge in [-0.1, -0.05) is 30.3 Å². The van der Waals surface area contributed by atoms with Crippen molar-refractivity contribution in [1.82, 2.24) is 5.32 Å². The molecule has 1 heterocycles. The zero-order chi connectivity index (χ0) is 9.64. The molecule has 1 aromatic carbocycles. The third-order valence-electron chi connectivity index (χ3n) is 2.63. The third kappa shape index (κ3) is 4.20. The average Bonchev–Trinajstić information content (AvgIpc) is 2.72. The van der Waals surface area contributed by atoms with Crippen LogP contribution in [0.15, 0.2) is 30.3 Å². The molecule has 1 fully saturated rings. The van der Waals surface area contributed by atoms with Gasteiger partial charge in [0.1, 0.15) is 0 Å². The van der Waals surface area contributed by atoms with Gasteiger partial charge in [0.2, 0.25) is 0 Å². The van der Waals surface area contributed by atoms with Crippen molar-refractivity contribution in [2.75, 3.05) is 19.8 Å². The number of hydrogen-bond donors (Lipinski definition) is 1.